The molecule has 0 aromatic heterocycles. The lowest BCUT2D eigenvalue weighted by molar-refractivity contribution is 0.205. The van der Waals surface area contributed by atoms with Gasteiger partial charge in [0.1, 0.15) is 0 Å². The molecule has 0 fully saturated rings. The number of rotatable bonds is 2. The molecule has 0 unspecified atom stereocenters. The van der Waals surface area contributed by atoms with Crippen LogP contribution >= 0.6 is 11.8 Å². The maximum atomic E-state index is 5.08. The fourth-order valence-corrected chi connectivity index (χ4v) is 2.39. The van der Waals surface area contributed by atoms with Crippen LogP contribution in [0, 0.1) is 0 Å². The maximum Gasteiger partial charge on any atom is 0.0869 e. The molecule has 0 spiro atoms. The molecule has 0 aromatic carbocycles. The Morgan fingerprint density at radius 2 is 2.64 bits per heavy atom. The molecule has 0 amide bonds. The zero-order valence-electron chi connectivity index (χ0n) is 6.54. The summed E-state index contributed by atoms with van der Waals surface area (Å²) in [5.41, 5.74) is 1.31. The monoisotopic (exact) mass is 169 g/mol. The predicted octanol–water partition coefficient (Wildman–Crippen LogP) is 1.77. The summed E-state index contributed by atoms with van der Waals surface area (Å²) in [4.78, 5) is 2.33. The van der Waals surface area contributed by atoms with Gasteiger partial charge in [-0.3, -0.25) is 0 Å². The molecular weight excluding hydrogens is 158 g/mol. The minimum atomic E-state index is 0.740. The summed E-state index contributed by atoms with van der Waals surface area (Å²) in [6.07, 6.45) is 3.47. The van der Waals surface area contributed by atoms with E-state index in [1.54, 1.807) is 18.9 Å². The molecule has 0 bridgehead atoms. The van der Waals surface area contributed by atoms with Gasteiger partial charge < -0.3 is 9.64 Å². The van der Waals surface area contributed by atoms with Gasteiger partial charge in [-0.25, -0.2) is 0 Å². The van der Waals surface area contributed by atoms with Crippen LogP contribution in [-0.4, -0.2) is 25.2 Å². The molecule has 2 rings (SSSR count). The topological polar surface area (TPSA) is 12.5 Å². The lowest BCUT2D eigenvalue weighted by Crippen LogP contribution is -2.16. The minimum Gasteiger partial charge on any atom is -0.378 e. The Balaban J connectivity index is 2.07. The largest absolute Gasteiger partial charge is 0.378 e. The van der Waals surface area contributed by atoms with Crippen molar-refractivity contribution in [2.75, 3.05) is 20.3 Å². The third-order valence-electron chi connectivity index (χ3n) is 1.89. The first-order valence-corrected chi connectivity index (χ1v) is 4.62. The Morgan fingerprint density at radius 3 is 3.45 bits per heavy atom. The highest BCUT2D eigenvalue weighted by atomic mass is 32.2. The second-order valence-electron chi connectivity index (χ2n) is 2.64. The van der Waals surface area contributed by atoms with Crippen molar-refractivity contribution in [2.45, 2.75) is 6.42 Å². The number of hydrogen-bond acceptors (Lipinski definition) is 3. The molecule has 0 radical (unpaired) electrons. The molecule has 2 nitrogen and oxygen atoms in total. The fourth-order valence-electron chi connectivity index (χ4n) is 1.39. The lowest BCUT2D eigenvalue weighted by Gasteiger charge is -2.16. The molecule has 0 saturated carbocycles. The molecular formula is C8H11NOS. The van der Waals surface area contributed by atoms with Crippen molar-refractivity contribution in [3.8, 4) is 0 Å². The first kappa shape index (κ1) is 7.25. The summed E-state index contributed by atoms with van der Waals surface area (Å²) in [6, 6.07) is 0. The zero-order chi connectivity index (χ0) is 7.68. The fraction of sp³-hybridized carbons (Fsp3) is 0.500. The van der Waals surface area contributed by atoms with E-state index < -0.39 is 0 Å². The van der Waals surface area contributed by atoms with Crippen LogP contribution in [0.3, 0.4) is 0 Å². The molecule has 0 atom stereocenters. The van der Waals surface area contributed by atoms with E-state index in [2.05, 4.69) is 16.4 Å². The Labute approximate surface area is 70.9 Å². The van der Waals surface area contributed by atoms with Crippen molar-refractivity contribution in [3.63, 3.8) is 0 Å². The van der Waals surface area contributed by atoms with Gasteiger partial charge in [-0.2, -0.15) is 0 Å². The smallest absolute Gasteiger partial charge is 0.0869 e. The van der Waals surface area contributed by atoms with Crippen molar-refractivity contribution in [2.24, 2.45) is 0 Å². The van der Waals surface area contributed by atoms with Gasteiger partial charge in [-0.15, -0.1) is 0 Å². The Bertz CT molecular complexity index is 222. The van der Waals surface area contributed by atoms with E-state index in [0.717, 1.165) is 13.2 Å². The van der Waals surface area contributed by atoms with E-state index in [-0.39, 0.29) is 0 Å². The second kappa shape index (κ2) is 2.91. The quantitative estimate of drug-likeness (QED) is 0.625. The van der Waals surface area contributed by atoms with Crippen molar-refractivity contribution < 1.29 is 4.74 Å². The molecule has 0 N–H and O–H groups in total. The van der Waals surface area contributed by atoms with Gasteiger partial charge in [0.25, 0.3) is 0 Å². The SMILES string of the molecule is COCC1=CSC2=CCCN12. The number of nitrogens with zero attached hydrogens (tertiary/aromatic N) is 1. The molecule has 0 saturated heterocycles. The van der Waals surface area contributed by atoms with E-state index in [1.165, 1.54) is 17.1 Å². The minimum absolute atomic E-state index is 0.740. The molecule has 0 aliphatic carbocycles. The van der Waals surface area contributed by atoms with Gasteiger partial charge in [0.2, 0.25) is 0 Å². The normalized spacial score (nSPS) is 21.7. The average Bonchev–Trinajstić information content (AvgIpc) is 2.53. The van der Waals surface area contributed by atoms with Crippen LogP contribution in [0.1, 0.15) is 6.42 Å². The van der Waals surface area contributed by atoms with Crippen molar-refractivity contribution >= 4 is 11.8 Å². The number of hydrogen-bond donors (Lipinski definition) is 0. The second-order valence-corrected chi connectivity index (χ2v) is 3.53. The number of fused-ring (bicyclic) bond motifs is 1. The Hall–Kier alpha value is -0.410. The van der Waals surface area contributed by atoms with Crippen LogP contribution in [-0.2, 0) is 4.74 Å². The molecule has 60 valence electrons. The van der Waals surface area contributed by atoms with Crippen LogP contribution in [0.2, 0.25) is 0 Å². The first-order valence-electron chi connectivity index (χ1n) is 3.74. The molecule has 2 aliphatic heterocycles. The molecule has 0 aromatic rings. The van der Waals surface area contributed by atoms with E-state index >= 15 is 0 Å². The standard InChI is InChI=1S/C8H11NOS/c1-10-5-7-6-11-8-3-2-4-9(7)8/h3,6H,2,4-5H2,1H3. The Morgan fingerprint density at radius 1 is 1.73 bits per heavy atom. The van der Waals surface area contributed by atoms with Crippen LogP contribution in [0.4, 0.5) is 0 Å². The van der Waals surface area contributed by atoms with Crippen molar-refractivity contribution in [3.05, 3.63) is 22.2 Å². The van der Waals surface area contributed by atoms with Crippen LogP contribution < -0.4 is 0 Å². The summed E-state index contributed by atoms with van der Waals surface area (Å²) in [5, 5.41) is 3.56. The summed E-state index contributed by atoms with van der Waals surface area (Å²) in [7, 11) is 1.74. The summed E-state index contributed by atoms with van der Waals surface area (Å²) < 4.78 is 5.08. The van der Waals surface area contributed by atoms with Gasteiger partial charge >= 0.3 is 0 Å². The lowest BCUT2D eigenvalue weighted by atomic mass is 10.4. The third-order valence-corrected chi connectivity index (χ3v) is 2.91. The first-order chi connectivity index (χ1) is 5.42. The predicted molar refractivity (Wildman–Crippen MR) is 47.0 cm³/mol. The van der Waals surface area contributed by atoms with Gasteiger partial charge in [-0.1, -0.05) is 17.8 Å². The summed E-state index contributed by atoms with van der Waals surface area (Å²) >= 11 is 1.81. The van der Waals surface area contributed by atoms with Gasteiger partial charge in [0.15, 0.2) is 0 Å². The van der Waals surface area contributed by atoms with Crippen molar-refractivity contribution in [1.29, 1.82) is 0 Å². The maximum absolute atomic E-state index is 5.08. The van der Waals surface area contributed by atoms with Crippen LogP contribution in [0.15, 0.2) is 22.2 Å². The third kappa shape index (κ3) is 1.19. The van der Waals surface area contributed by atoms with Gasteiger partial charge in [0.05, 0.1) is 17.3 Å². The van der Waals surface area contributed by atoms with Gasteiger partial charge in [-0.05, 0) is 11.8 Å². The Kier molecular flexibility index (Phi) is 1.92. The summed E-state index contributed by atoms with van der Waals surface area (Å²) in [5.74, 6) is 0. The van der Waals surface area contributed by atoms with Crippen LogP contribution in [0.25, 0.3) is 0 Å². The van der Waals surface area contributed by atoms with Crippen molar-refractivity contribution in [1.82, 2.24) is 4.90 Å². The average molecular weight is 169 g/mol. The van der Waals surface area contributed by atoms with Crippen LogP contribution in [0.5, 0.6) is 0 Å². The number of methoxy groups -OCH3 is 1. The molecule has 3 heteroatoms. The molecule has 2 aliphatic rings. The summed E-state index contributed by atoms with van der Waals surface area (Å²) in [6.45, 7) is 1.88. The molecule has 2 heterocycles. The van der Waals surface area contributed by atoms with E-state index in [4.69, 9.17) is 4.74 Å². The van der Waals surface area contributed by atoms with E-state index in [1.807, 2.05) is 0 Å². The highest BCUT2D eigenvalue weighted by molar-refractivity contribution is 8.06. The highest BCUT2D eigenvalue weighted by Gasteiger charge is 2.23. The van der Waals surface area contributed by atoms with E-state index in [0.29, 0.717) is 0 Å². The zero-order valence-corrected chi connectivity index (χ0v) is 7.36. The highest BCUT2D eigenvalue weighted by Crippen LogP contribution is 2.37. The van der Waals surface area contributed by atoms with Gasteiger partial charge in [0, 0.05) is 13.7 Å². The molecule has 11 heavy (non-hydrogen) atoms. The number of thioether (sulfide) groups is 1. The number of ether oxygens (including phenoxy) is 1. The van der Waals surface area contributed by atoms with E-state index in [9.17, 15) is 0 Å².